The molecule has 0 amide bonds. The van der Waals surface area contributed by atoms with Gasteiger partial charge in [-0.3, -0.25) is 0 Å². The molecule has 0 saturated carbocycles. The van der Waals surface area contributed by atoms with Crippen LogP contribution in [0.15, 0.2) is 255 Å². The van der Waals surface area contributed by atoms with Crippen molar-refractivity contribution in [2.45, 2.75) is 0 Å². The van der Waals surface area contributed by atoms with Crippen LogP contribution in [0.3, 0.4) is 0 Å². The van der Waals surface area contributed by atoms with E-state index in [9.17, 15) is 0 Å². The van der Waals surface area contributed by atoms with Crippen molar-refractivity contribution in [2.75, 3.05) is 0 Å². The maximum Gasteiger partial charge on any atom is 0.0619 e. The lowest BCUT2D eigenvalue weighted by Gasteiger charge is -2.19. The molecule has 0 aliphatic rings. The third kappa shape index (κ3) is 5.84. The maximum absolute atomic E-state index is 2.50. The molecule has 0 aliphatic heterocycles. The lowest BCUT2D eigenvalue weighted by Crippen LogP contribution is -1.97. The van der Waals surface area contributed by atoms with E-state index in [1.807, 2.05) is 0 Å². The van der Waals surface area contributed by atoms with Crippen LogP contribution in [0.2, 0.25) is 0 Å². The molecule has 14 rings (SSSR count). The summed E-state index contributed by atoms with van der Waals surface area (Å²) < 4.78 is 4.92. The summed E-state index contributed by atoms with van der Waals surface area (Å²) in [5.41, 5.74) is 16.8. The minimum Gasteiger partial charge on any atom is -0.309 e. The topological polar surface area (TPSA) is 9.86 Å². The highest BCUT2D eigenvalue weighted by molar-refractivity contribution is 6.23. The Bertz CT molecular complexity index is 4080. The van der Waals surface area contributed by atoms with Crippen molar-refractivity contribution in [3.05, 3.63) is 255 Å². The largest absolute Gasteiger partial charge is 0.309 e. The van der Waals surface area contributed by atoms with E-state index in [4.69, 9.17) is 0 Å². The van der Waals surface area contributed by atoms with Crippen LogP contribution in [0, 0.1) is 0 Å². The molecule has 316 valence electrons. The first kappa shape index (κ1) is 38.3. The Labute approximate surface area is 393 Å². The van der Waals surface area contributed by atoms with Crippen molar-refractivity contribution < 1.29 is 0 Å². The van der Waals surface area contributed by atoms with Crippen LogP contribution >= 0.6 is 0 Å². The second-order valence-electron chi connectivity index (χ2n) is 18.0. The molecule has 0 N–H and O–H groups in total. The minimum absolute atomic E-state index is 1.15. The first-order valence-corrected chi connectivity index (χ1v) is 23.5. The minimum atomic E-state index is 1.15. The van der Waals surface area contributed by atoms with Crippen molar-refractivity contribution in [3.63, 3.8) is 0 Å². The molecule has 2 heterocycles. The number of para-hydroxylation sites is 6. The first-order chi connectivity index (χ1) is 33.8. The predicted octanol–water partition coefficient (Wildman–Crippen LogP) is 18.0. The molecular weight excluding hydrogens is 821 g/mol. The molecule has 0 bridgehead atoms. The monoisotopic (exact) mass is 862 g/mol. The average Bonchev–Trinajstić information content (AvgIpc) is 3.94. The number of aromatic nitrogens is 2. The highest BCUT2D eigenvalue weighted by atomic mass is 15.0. The third-order valence-electron chi connectivity index (χ3n) is 14.3. The molecule has 2 heteroatoms. The second kappa shape index (κ2) is 15.3. The van der Waals surface area contributed by atoms with Crippen LogP contribution in [-0.2, 0) is 0 Å². The van der Waals surface area contributed by atoms with Crippen molar-refractivity contribution in [1.29, 1.82) is 0 Å². The first-order valence-electron chi connectivity index (χ1n) is 23.5. The summed E-state index contributed by atoms with van der Waals surface area (Å²) in [4.78, 5) is 0. The van der Waals surface area contributed by atoms with Gasteiger partial charge in [0, 0.05) is 44.0 Å². The van der Waals surface area contributed by atoms with Gasteiger partial charge in [0.25, 0.3) is 0 Å². The summed E-state index contributed by atoms with van der Waals surface area (Å²) in [6, 6.07) is 94.0. The number of benzene rings is 12. The van der Waals surface area contributed by atoms with Gasteiger partial charge in [-0.1, -0.05) is 200 Å². The fraction of sp³-hybridized carbons (Fsp3) is 0. The summed E-state index contributed by atoms with van der Waals surface area (Å²) in [5, 5.41) is 12.3. The van der Waals surface area contributed by atoms with E-state index in [1.54, 1.807) is 0 Å². The van der Waals surface area contributed by atoms with Crippen molar-refractivity contribution >= 4 is 75.9 Å². The molecule has 0 saturated heterocycles. The van der Waals surface area contributed by atoms with E-state index in [2.05, 4.69) is 264 Å². The lowest BCUT2D eigenvalue weighted by molar-refractivity contribution is 1.18. The highest BCUT2D eigenvalue weighted by Gasteiger charge is 2.22. The van der Waals surface area contributed by atoms with Gasteiger partial charge in [0.1, 0.15) is 0 Å². The maximum atomic E-state index is 2.50. The Kier molecular flexibility index (Phi) is 8.62. The lowest BCUT2D eigenvalue weighted by atomic mass is 9.85. The molecule has 68 heavy (non-hydrogen) atoms. The predicted molar refractivity (Wildman–Crippen MR) is 289 cm³/mol. The molecule has 12 aromatic carbocycles. The van der Waals surface area contributed by atoms with Gasteiger partial charge in [-0.2, -0.15) is 0 Å². The van der Waals surface area contributed by atoms with Crippen molar-refractivity contribution in [2.24, 2.45) is 0 Å². The van der Waals surface area contributed by atoms with Crippen LogP contribution in [0.25, 0.3) is 132 Å². The third-order valence-corrected chi connectivity index (χ3v) is 14.3. The second-order valence-corrected chi connectivity index (χ2v) is 18.0. The zero-order valence-electron chi connectivity index (χ0n) is 37.1. The van der Waals surface area contributed by atoms with E-state index in [1.165, 1.54) is 120 Å². The fourth-order valence-electron chi connectivity index (χ4n) is 11.3. The molecular formula is C66H42N2. The van der Waals surface area contributed by atoms with Crippen molar-refractivity contribution in [3.8, 4) is 55.9 Å². The summed E-state index contributed by atoms with van der Waals surface area (Å²) in [6.45, 7) is 0. The highest BCUT2D eigenvalue weighted by Crippen LogP contribution is 2.48. The van der Waals surface area contributed by atoms with Crippen LogP contribution in [-0.4, -0.2) is 9.13 Å². The zero-order valence-corrected chi connectivity index (χ0v) is 37.1. The van der Waals surface area contributed by atoms with Gasteiger partial charge in [0.05, 0.1) is 22.1 Å². The number of nitrogens with zero attached hydrogens (tertiary/aromatic N) is 2. The Balaban J connectivity index is 1.11. The number of fused-ring (bicyclic) bond motifs is 9. The van der Waals surface area contributed by atoms with E-state index in [0.717, 1.165) is 11.4 Å². The molecule has 14 aromatic rings. The van der Waals surface area contributed by atoms with Gasteiger partial charge < -0.3 is 9.13 Å². The van der Waals surface area contributed by atoms with Crippen LogP contribution in [0.1, 0.15) is 0 Å². The Morgan fingerprint density at radius 1 is 0.221 bits per heavy atom. The molecule has 0 unspecified atom stereocenters. The van der Waals surface area contributed by atoms with E-state index in [-0.39, 0.29) is 0 Å². The number of rotatable bonds is 6. The fourth-order valence-corrected chi connectivity index (χ4v) is 11.3. The molecule has 2 nitrogen and oxygen atoms in total. The number of hydrogen-bond acceptors (Lipinski definition) is 0. The van der Waals surface area contributed by atoms with Gasteiger partial charge >= 0.3 is 0 Å². The van der Waals surface area contributed by atoms with E-state index in [0.29, 0.717) is 0 Å². The summed E-state index contributed by atoms with van der Waals surface area (Å²) in [7, 11) is 0. The molecule has 0 spiro atoms. The van der Waals surface area contributed by atoms with Crippen LogP contribution in [0.5, 0.6) is 0 Å². The van der Waals surface area contributed by atoms with Gasteiger partial charge in [-0.05, 0) is 120 Å². The molecule has 0 fully saturated rings. The van der Waals surface area contributed by atoms with Crippen LogP contribution in [0.4, 0.5) is 0 Å². The average molecular weight is 863 g/mol. The van der Waals surface area contributed by atoms with Gasteiger partial charge in [-0.25, -0.2) is 0 Å². The quantitative estimate of drug-likeness (QED) is 0.147. The SMILES string of the molecule is c1ccc(-c2ccc3ccc(-c4c5cccc(-c6cccc7c8ccccc8n(-c8ccccc8)c67)c5cc5c(-c6cccc7c8ccccc8n(-c8ccccc8)c67)cccc45)cc3c2)cc1. The molecule has 2 aromatic heterocycles. The van der Waals surface area contributed by atoms with Gasteiger partial charge in [-0.15, -0.1) is 0 Å². The number of hydrogen-bond donors (Lipinski definition) is 0. The van der Waals surface area contributed by atoms with Gasteiger partial charge in [0.15, 0.2) is 0 Å². The van der Waals surface area contributed by atoms with Crippen LogP contribution < -0.4 is 0 Å². The summed E-state index contributed by atoms with van der Waals surface area (Å²) in [6.07, 6.45) is 0. The van der Waals surface area contributed by atoms with E-state index >= 15 is 0 Å². The van der Waals surface area contributed by atoms with Gasteiger partial charge in [0.2, 0.25) is 0 Å². The zero-order chi connectivity index (χ0) is 44.7. The summed E-state index contributed by atoms with van der Waals surface area (Å²) >= 11 is 0. The Morgan fingerprint density at radius 2 is 0.632 bits per heavy atom. The molecule has 0 radical (unpaired) electrons. The Morgan fingerprint density at radius 3 is 1.16 bits per heavy atom. The summed E-state index contributed by atoms with van der Waals surface area (Å²) in [5.74, 6) is 0. The molecule has 0 aliphatic carbocycles. The van der Waals surface area contributed by atoms with E-state index < -0.39 is 0 Å². The van der Waals surface area contributed by atoms with Crippen molar-refractivity contribution in [1.82, 2.24) is 9.13 Å². The smallest absolute Gasteiger partial charge is 0.0619 e. The molecule has 0 atom stereocenters. The Hall–Kier alpha value is -8.98. The normalized spacial score (nSPS) is 11.8. The standard InChI is InChI=1S/C66H42N2/c1-4-18-43(19-5-1)45-38-36-44-37-39-46(41-47(44)40-45)64-54-28-14-26-50(56-30-16-32-58-52-24-10-12-34-62(52)67(65(56)58)48-20-6-2-7-21-48)60(54)42-61-51(27-15-29-55(61)64)57-31-17-33-59-53-25-11-13-35-63(53)68(66(57)59)49-22-8-3-9-23-49/h1-42H.